The van der Waals surface area contributed by atoms with Crippen LogP contribution in [0.1, 0.15) is 12.5 Å². The molecule has 0 aliphatic heterocycles. The summed E-state index contributed by atoms with van der Waals surface area (Å²) >= 11 is 0. The zero-order valence-corrected chi connectivity index (χ0v) is 10.4. The first-order valence-electron chi connectivity index (χ1n) is 5.39. The molecule has 0 aliphatic carbocycles. The third-order valence-electron chi connectivity index (χ3n) is 2.72. The monoisotopic (exact) mass is 277 g/mol. The first-order valence-corrected chi connectivity index (χ1v) is 5.39. The maximum absolute atomic E-state index is 12.2. The van der Waals surface area contributed by atoms with E-state index in [0.717, 1.165) is 0 Å². The van der Waals surface area contributed by atoms with Crippen molar-refractivity contribution in [1.82, 2.24) is 5.32 Å². The van der Waals surface area contributed by atoms with Crippen molar-refractivity contribution < 1.29 is 27.8 Å². The van der Waals surface area contributed by atoms with Crippen LogP contribution in [0.4, 0.5) is 13.2 Å². The summed E-state index contributed by atoms with van der Waals surface area (Å²) in [6.07, 6.45) is -4.49. The molecule has 1 aromatic carbocycles. The van der Waals surface area contributed by atoms with Crippen LogP contribution in [0.15, 0.2) is 24.3 Å². The fourth-order valence-corrected chi connectivity index (χ4v) is 1.51. The number of hydrogen-bond donors (Lipinski definition) is 2. The predicted octanol–water partition coefficient (Wildman–Crippen LogP) is 2.15. The standard InChI is InChI=1S/C12H14F3NO3/c1-11(10(17)18,16-7-12(13,14)15)8-4-3-5-9(6-8)19-2/h3-6,16H,7H2,1-2H3,(H,17,18). The molecule has 0 saturated heterocycles. The highest BCUT2D eigenvalue weighted by Gasteiger charge is 2.39. The van der Waals surface area contributed by atoms with Crippen LogP contribution in [0.25, 0.3) is 0 Å². The molecule has 0 amide bonds. The summed E-state index contributed by atoms with van der Waals surface area (Å²) in [6.45, 7) is -0.219. The summed E-state index contributed by atoms with van der Waals surface area (Å²) < 4.78 is 41.6. The number of halogens is 3. The predicted molar refractivity (Wildman–Crippen MR) is 62.0 cm³/mol. The average molecular weight is 277 g/mol. The molecular formula is C12H14F3NO3. The fraction of sp³-hybridized carbons (Fsp3) is 0.417. The van der Waals surface area contributed by atoms with Gasteiger partial charge in [0.05, 0.1) is 13.7 Å². The minimum atomic E-state index is -4.49. The van der Waals surface area contributed by atoms with Crippen molar-refractivity contribution in [2.75, 3.05) is 13.7 Å². The van der Waals surface area contributed by atoms with Gasteiger partial charge in [-0.15, -0.1) is 0 Å². The van der Waals surface area contributed by atoms with Crippen molar-refractivity contribution in [2.45, 2.75) is 18.6 Å². The highest BCUT2D eigenvalue weighted by molar-refractivity contribution is 5.80. The summed E-state index contributed by atoms with van der Waals surface area (Å²) in [7, 11) is 1.39. The Balaban J connectivity index is 3.07. The normalized spacial score (nSPS) is 14.8. The van der Waals surface area contributed by atoms with Crippen molar-refractivity contribution in [3.8, 4) is 5.75 Å². The number of nitrogens with one attached hydrogen (secondary N) is 1. The molecule has 0 aliphatic rings. The second kappa shape index (κ2) is 5.48. The van der Waals surface area contributed by atoms with Crippen molar-refractivity contribution in [1.29, 1.82) is 0 Å². The maximum Gasteiger partial charge on any atom is 0.401 e. The molecule has 0 heterocycles. The van der Waals surface area contributed by atoms with Crippen LogP contribution in [0, 0.1) is 0 Å². The molecule has 1 rings (SSSR count). The molecule has 0 fully saturated rings. The highest BCUT2D eigenvalue weighted by Crippen LogP contribution is 2.26. The molecule has 7 heteroatoms. The Hall–Kier alpha value is -1.76. The number of ether oxygens (including phenoxy) is 1. The maximum atomic E-state index is 12.2. The number of rotatable bonds is 5. The van der Waals surface area contributed by atoms with E-state index >= 15 is 0 Å². The van der Waals surface area contributed by atoms with Gasteiger partial charge in [-0.25, -0.2) is 4.79 Å². The molecule has 19 heavy (non-hydrogen) atoms. The largest absolute Gasteiger partial charge is 0.497 e. The van der Waals surface area contributed by atoms with E-state index in [1.807, 2.05) is 5.32 Å². The molecule has 2 N–H and O–H groups in total. The van der Waals surface area contributed by atoms with Gasteiger partial charge < -0.3 is 9.84 Å². The summed E-state index contributed by atoms with van der Waals surface area (Å²) in [6, 6.07) is 5.91. The lowest BCUT2D eigenvalue weighted by Crippen LogP contribution is -2.50. The Morgan fingerprint density at radius 1 is 1.42 bits per heavy atom. The van der Waals surface area contributed by atoms with E-state index in [1.165, 1.54) is 32.2 Å². The second-order valence-corrected chi connectivity index (χ2v) is 4.13. The number of hydrogen-bond acceptors (Lipinski definition) is 3. The Kier molecular flexibility index (Phi) is 4.41. The quantitative estimate of drug-likeness (QED) is 0.865. The Bertz CT molecular complexity index is 462. The van der Waals surface area contributed by atoms with E-state index in [9.17, 15) is 23.1 Å². The smallest absolute Gasteiger partial charge is 0.401 e. The topological polar surface area (TPSA) is 58.6 Å². The van der Waals surface area contributed by atoms with Gasteiger partial charge >= 0.3 is 12.1 Å². The van der Waals surface area contributed by atoms with Gasteiger partial charge in [-0.3, -0.25) is 5.32 Å². The Morgan fingerprint density at radius 3 is 2.53 bits per heavy atom. The Morgan fingerprint density at radius 2 is 2.05 bits per heavy atom. The molecule has 0 radical (unpaired) electrons. The second-order valence-electron chi connectivity index (χ2n) is 4.13. The fourth-order valence-electron chi connectivity index (χ4n) is 1.51. The van der Waals surface area contributed by atoms with Gasteiger partial charge in [0.25, 0.3) is 0 Å². The lowest BCUT2D eigenvalue weighted by atomic mass is 9.92. The van der Waals surface area contributed by atoms with Gasteiger partial charge in [-0.1, -0.05) is 12.1 Å². The zero-order chi connectivity index (χ0) is 14.7. The van der Waals surface area contributed by atoms with Gasteiger partial charge in [0.15, 0.2) is 0 Å². The first kappa shape index (κ1) is 15.3. The van der Waals surface area contributed by atoms with E-state index in [1.54, 1.807) is 6.07 Å². The van der Waals surface area contributed by atoms with Gasteiger partial charge in [0, 0.05) is 0 Å². The van der Waals surface area contributed by atoms with Crippen molar-refractivity contribution in [3.05, 3.63) is 29.8 Å². The van der Waals surface area contributed by atoms with E-state index in [4.69, 9.17) is 4.74 Å². The van der Waals surface area contributed by atoms with Gasteiger partial charge in [0.1, 0.15) is 11.3 Å². The number of aliphatic carboxylic acids is 1. The van der Waals surface area contributed by atoms with E-state index < -0.39 is 24.2 Å². The van der Waals surface area contributed by atoms with Gasteiger partial charge in [-0.2, -0.15) is 13.2 Å². The number of carboxylic acids is 1. The number of alkyl halides is 3. The molecule has 0 bridgehead atoms. The highest BCUT2D eigenvalue weighted by atomic mass is 19.4. The van der Waals surface area contributed by atoms with Crippen LogP contribution < -0.4 is 10.1 Å². The van der Waals surface area contributed by atoms with E-state index in [-0.39, 0.29) is 5.56 Å². The number of benzene rings is 1. The molecule has 1 unspecified atom stereocenters. The van der Waals surface area contributed by atoms with Crippen molar-refractivity contribution >= 4 is 5.97 Å². The Labute approximate surface area is 108 Å². The SMILES string of the molecule is COc1cccc(C(C)(NCC(F)(F)F)C(=O)O)c1. The molecule has 1 atom stereocenters. The van der Waals surface area contributed by atoms with Crippen LogP contribution in [0.2, 0.25) is 0 Å². The molecule has 0 spiro atoms. The van der Waals surface area contributed by atoms with Crippen molar-refractivity contribution in [3.63, 3.8) is 0 Å². The molecular weight excluding hydrogens is 263 g/mol. The van der Waals surface area contributed by atoms with Crippen LogP contribution >= 0.6 is 0 Å². The van der Waals surface area contributed by atoms with Crippen LogP contribution in [0.5, 0.6) is 5.75 Å². The van der Waals surface area contributed by atoms with Gasteiger partial charge in [-0.05, 0) is 24.6 Å². The lowest BCUT2D eigenvalue weighted by Gasteiger charge is -2.27. The third-order valence-corrected chi connectivity index (χ3v) is 2.72. The van der Waals surface area contributed by atoms with E-state index in [2.05, 4.69) is 0 Å². The lowest BCUT2D eigenvalue weighted by molar-refractivity contribution is -0.150. The summed E-state index contributed by atoms with van der Waals surface area (Å²) in [5, 5.41) is 11.2. The van der Waals surface area contributed by atoms with Crippen LogP contribution in [-0.2, 0) is 10.3 Å². The molecule has 106 valence electrons. The van der Waals surface area contributed by atoms with Crippen LogP contribution in [-0.4, -0.2) is 30.9 Å². The molecule has 0 saturated carbocycles. The van der Waals surface area contributed by atoms with Crippen LogP contribution in [0.3, 0.4) is 0 Å². The van der Waals surface area contributed by atoms with E-state index in [0.29, 0.717) is 5.75 Å². The summed E-state index contributed by atoms with van der Waals surface area (Å²) in [5.74, 6) is -1.02. The minimum Gasteiger partial charge on any atom is -0.497 e. The number of methoxy groups -OCH3 is 1. The third kappa shape index (κ3) is 3.85. The number of carboxylic acid groups (broad SMARTS) is 1. The minimum absolute atomic E-state index is 0.184. The summed E-state index contributed by atoms with van der Waals surface area (Å²) in [4.78, 5) is 11.3. The molecule has 4 nitrogen and oxygen atoms in total. The molecule has 1 aromatic rings. The zero-order valence-electron chi connectivity index (χ0n) is 10.4. The average Bonchev–Trinajstić information content (AvgIpc) is 2.34. The summed E-state index contributed by atoms with van der Waals surface area (Å²) in [5.41, 5.74) is -1.66. The van der Waals surface area contributed by atoms with Crippen molar-refractivity contribution in [2.24, 2.45) is 0 Å². The molecule has 0 aromatic heterocycles. The number of carbonyl (C=O) groups is 1. The van der Waals surface area contributed by atoms with Gasteiger partial charge in [0.2, 0.25) is 0 Å². The first-order chi connectivity index (χ1) is 8.69.